The number of likely N-dealkylation sites (tertiary alicyclic amines) is 2. The zero-order chi connectivity index (χ0) is 20.4. The van der Waals surface area contributed by atoms with Gasteiger partial charge in [-0.15, -0.1) is 0 Å². The lowest BCUT2D eigenvalue weighted by Gasteiger charge is -2.31. The van der Waals surface area contributed by atoms with Crippen molar-refractivity contribution in [1.29, 1.82) is 0 Å². The standard InChI is InChI=1S/C22H31N3O3S/c1-27-16-8-9-20(28-2)17(12-16)18-13-25(22(29)23-15-6-7-15)14-19(18)21(26)24-10-4-3-5-11-24/h8-9,12,15,18-19H,3-7,10-11,13-14H2,1-2H3,(H,23,29). The van der Waals surface area contributed by atoms with Crippen molar-refractivity contribution < 1.29 is 14.3 Å². The molecule has 6 nitrogen and oxygen atoms in total. The minimum absolute atomic E-state index is 0.0217. The van der Waals surface area contributed by atoms with E-state index in [1.54, 1.807) is 14.2 Å². The number of thiocarbonyl (C=S) groups is 1. The van der Waals surface area contributed by atoms with Crippen molar-refractivity contribution in [2.24, 2.45) is 5.92 Å². The molecule has 2 aliphatic heterocycles. The Balaban J connectivity index is 1.62. The summed E-state index contributed by atoms with van der Waals surface area (Å²) >= 11 is 5.67. The first kappa shape index (κ1) is 20.3. The molecule has 1 aromatic rings. The van der Waals surface area contributed by atoms with Gasteiger partial charge in [-0.25, -0.2) is 0 Å². The molecule has 7 heteroatoms. The maximum Gasteiger partial charge on any atom is 0.228 e. The van der Waals surface area contributed by atoms with E-state index in [0.717, 1.165) is 48.1 Å². The van der Waals surface area contributed by atoms with Crippen molar-refractivity contribution in [2.45, 2.75) is 44.1 Å². The highest BCUT2D eigenvalue weighted by atomic mass is 32.1. The zero-order valence-corrected chi connectivity index (χ0v) is 18.2. The first-order valence-corrected chi connectivity index (χ1v) is 11.1. The van der Waals surface area contributed by atoms with Crippen molar-refractivity contribution in [3.8, 4) is 11.5 Å². The molecule has 29 heavy (non-hydrogen) atoms. The number of nitrogens with zero attached hydrogens (tertiary/aromatic N) is 2. The van der Waals surface area contributed by atoms with Crippen molar-refractivity contribution >= 4 is 23.2 Å². The number of nitrogens with one attached hydrogen (secondary N) is 1. The average molecular weight is 418 g/mol. The number of carbonyl (C=O) groups excluding carboxylic acids is 1. The normalized spacial score (nSPS) is 24.3. The molecular weight excluding hydrogens is 386 g/mol. The molecular formula is C22H31N3O3S. The van der Waals surface area contributed by atoms with Gasteiger partial charge in [-0.2, -0.15) is 0 Å². The molecule has 2 atom stereocenters. The first-order chi connectivity index (χ1) is 14.1. The third-order valence-corrected chi connectivity index (χ3v) is 6.71. The molecule has 2 saturated heterocycles. The van der Waals surface area contributed by atoms with Crippen LogP contribution >= 0.6 is 12.2 Å². The van der Waals surface area contributed by atoms with Gasteiger partial charge in [0.2, 0.25) is 5.91 Å². The van der Waals surface area contributed by atoms with Crippen LogP contribution in [-0.4, -0.2) is 67.3 Å². The number of piperidine rings is 1. The quantitative estimate of drug-likeness (QED) is 0.744. The summed E-state index contributed by atoms with van der Waals surface area (Å²) in [5, 5.41) is 4.21. The number of benzene rings is 1. The van der Waals surface area contributed by atoms with Gasteiger partial charge >= 0.3 is 0 Å². The minimum Gasteiger partial charge on any atom is -0.497 e. The summed E-state index contributed by atoms with van der Waals surface area (Å²) in [5.74, 6) is 1.72. The maximum atomic E-state index is 13.5. The van der Waals surface area contributed by atoms with Gasteiger partial charge in [0, 0.05) is 43.7 Å². The number of carbonyl (C=O) groups is 1. The van der Waals surface area contributed by atoms with E-state index in [1.165, 1.54) is 19.3 Å². The second-order valence-corrected chi connectivity index (χ2v) is 8.72. The van der Waals surface area contributed by atoms with Crippen molar-refractivity contribution in [1.82, 2.24) is 15.1 Å². The summed E-state index contributed by atoms with van der Waals surface area (Å²) in [6.45, 7) is 3.09. The van der Waals surface area contributed by atoms with Gasteiger partial charge in [0.05, 0.1) is 20.1 Å². The number of ether oxygens (including phenoxy) is 2. The van der Waals surface area contributed by atoms with Crippen LogP contribution in [0.5, 0.6) is 11.5 Å². The van der Waals surface area contributed by atoms with E-state index in [-0.39, 0.29) is 17.7 Å². The molecule has 3 fully saturated rings. The Morgan fingerprint density at radius 2 is 1.83 bits per heavy atom. The van der Waals surface area contributed by atoms with Crippen LogP contribution < -0.4 is 14.8 Å². The second-order valence-electron chi connectivity index (χ2n) is 8.34. The van der Waals surface area contributed by atoms with Crippen LogP contribution in [-0.2, 0) is 4.79 Å². The Morgan fingerprint density at radius 1 is 1.07 bits per heavy atom. The summed E-state index contributed by atoms with van der Waals surface area (Å²) < 4.78 is 11.1. The predicted molar refractivity (Wildman–Crippen MR) is 117 cm³/mol. The first-order valence-electron chi connectivity index (χ1n) is 10.7. The molecule has 0 spiro atoms. The van der Waals surface area contributed by atoms with Gasteiger partial charge in [-0.05, 0) is 62.5 Å². The molecule has 2 unspecified atom stereocenters. The Kier molecular flexibility index (Phi) is 6.13. The Hall–Kier alpha value is -2.02. The van der Waals surface area contributed by atoms with Crippen LogP contribution in [0.4, 0.5) is 0 Å². The van der Waals surface area contributed by atoms with Gasteiger partial charge in [0.25, 0.3) is 0 Å². The second kappa shape index (κ2) is 8.78. The molecule has 1 aromatic carbocycles. The summed E-state index contributed by atoms with van der Waals surface area (Å²) in [5.41, 5.74) is 1.03. The number of methoxy groups -OCH3 is 2. The Bertz CT molecular complexity index is 762. The van der Waals surface area contributed by atoms with E-state index in [0.29, 0.717) is 19.1 Å². The van der Waals surface area contributed by atoms with Crippen LogP contribution in [0.1, 0.15) is 43.6 Å². The maximum absolute atomic E-state index is 13.5. The summed E-state index contributed by atoms with van der Waals surface area (Å²) in [4.78, 5) is 17.7. The van der Waals surface area contributed by atoms with Crippen LogP contribution in [0.15, 0.2) is 18.2 Å². The fourth-order valence-electron chi connectivity index (χ4n) is 4.51. The molecule has 1 N–H and O–H groups in total. The zero-order valence-electron chi connectivity index (χ0n) is 17.4. The Morgan fingerprint density at radius 3 is 2.48 bits per heavy atom. The molecule has 1 aliphatic carbocycles. The molecule has 0 radical (unpaired) electrons. The molecule has 0 bridgehead atoms. The monoisotopic (exact) mass is 417 g/mol. The summed E-state index contributed by atoms with van der Waals surface area (Å²) in [6, 6.07) is 6.35. The van der Waals surface area contributed by atoms with Crippen LogP contribution in [0.25, 0.3) is 0 Å². The smallest absolute Gasteiger partial charge is 0.228 e. The lowest BCUT2D eigenvalue weighted by molar-refractivity contribution is -0.136. The van der Waals surface area contributed by atoms with Gasteiger partial charge in [-0.1, -0.05) is 0 Å². The van der Waals surface area contributed by atoms with E-state index < -0.39 is 0 Å². The third-order valence-electron chi connectivity index (χ3n) is 6.33. The lowest BCUT2D eigenvalue weighted by atomic mass is 9.86. The van der Waals surface area contributed by atoms with Gasteiger partial charge in [0.1, 0.15) is 11.5 Å². The average Bonchev–Trinajstić information content (AvgIpc) is 3.47. The largest absolute Gasteiger partial charge is 0.497 e. The van der Waals surface area contributed by atoms with Crippen LogP contribution in [0.2, 0.25) is 0 Å². The third kappa shape index (κ3) is 4.44. The van der Waals surface area contributed by atoms with Crippen LogP contribution in [0.3, 0.4) is 0 Å². The highest BCUT2D eigenvalue weighted by molar-refractivity contribution is 7.80. The van der Waals surface area contributed by atoms with Gasteiger partial charge < -0.3 is 24.6 Å². The van der Waals surface area contributed by atoms with Crippen LogP contribution in [0, 0.1) is 5.92 Å². The van der Waals surface area contributed by atoms with E-state index in [2.05, 4.69) is 15.1 Å². The number of amides is 1. The van der Waals surface area contributed by atoms with E-state index >= 15 is 0 Å². The van der Waals surface area contributed by atoms with E-state index in [4.69, 9.17) is 21.7 Å². The fraction of sp³-hybridized carbons (Fsp3) is 0.636. The molecule has 4 rings (SSSR count). The van der Waals surface area contributed by atoms with Crippen molar-refractivity contribution in [3.05, 3.63) is 23.8 Å². The number of rotatable bonds is 5. The summed E-state index contributed by atoms with van der Waals surface area (Å²) in [7, 11) is 3.34. The van der Waals surface area contributed by atoms with E-state index in [9.17, 15) is 4.79 Å². The molecule has 1 amide bonds. The molecule has 2 heterocycles. The summed E-state index contributed by atoms with van der Waals surface area (Å²) in [6.07, 6.45) is 5.76. The highest BCUT2D eigenvalue weighted by Gasteiger charge is 2.43. The molecule has 158 valence electrons. The van der Waals surface area contributed by atoms with Crippen molar-refractivity contribution in [3.63, 3.8) is 0 Å². The molecule has 0 aromatic heterocycles. The fourth-order valence-corrected chi connectivity index (χ4v) is 4.82. The highest BCUT2D eigenvalue weighted by Crippen LogP contribution is 2.40. The SMILES string of the molecule is COc1ccc(OC)c(C2CN(C(=S)NC3CC3)CC2C(=O)N2CCCCC2)c1. The lowest BCUT2D eigenvalue weighted by Crippen LogP contribution is -2.43. The minimum atomic E-state index is -0.131. The molecule has 1 saturated carbocycles. The van der Waals surface area contributed by atoms with Gasteiger partial charge in [0.15, 0.2) is 5.11 Å². The predicted octanol–water partition coefficient (Wildman–Crippen LogP) is 2.77. The van der Waals surface area contributed by atoms with Crippen molar-refractivity contribution in [2.75, 3.05) is 40.4 Å². The van der Waals surface area contributed by atoms with Gasteiger partial charge in [-0.3, -0.25) is 4.79 Å². The van der Waals surface area contributed by atoms with E-state index in [1.807, 2.05) is 18.2 Å². The Labute approximate surface area is 178 Å². The number of hydrogen-bond acceptors (Lipinski definition) is 4. The molecule has 3 aliphatic rings. The topological polar surface area (TPSA) is 54.0 Å². The number of hydrogen-bond donors (Lipinski definition) is 1.